The summed E-state index contributed by atoms with van der Waals surface area (Å²) in [6, 6.07) is 1.44. The highest BCUT2D eigenvalue weighted by atomic mass is 32.2. The molecule has 0 aromatic carbocycles. The highest BCUT2D eigenvalue weighted by Gasteiger charge is 2.30. The average molecular weight is 254 g/mol. The molecular formula is C8H10N6O2S. The van der Waals surface area contributed by atoms with Gasteiger partial charge in [0.1, 0.15) is 12.2 Å². The zero-order valence-electron chi connectivity index (χ0n) is 8.81. The zero-order chi connectivity index (χ0) is 11.9. The maximum atomic E-state index is 12.2. The predicted molar refractivity (Wildman–Crippen MR) is 56.2 cm³/mol. The largest absolute Gasteiger partial charge is 0.315 e. The topological polar surface area (TPSA) is 96.8 Å². The van der Waals surface area contributed by atoms with E-state index in [9.17, 15) is 8.42 Å². The van der Waals surface area contributed by atoms with Crippen LogP contribution in [0.3, 0.4) is 0 Å². The number of aromatic amines is 1. The van der Waals surface area contributed by atoms with E-state index in [2.05, 4.69) is 20.4 Å². The summed E-state index contributed by atoms with van der Waals surface area (Å²) in [7, 11) is -3.51. The van der Waals surface area contributed by atoms with Crippen molar-refractivity contribution < 1.29 is 8.42 Å². The van der Waals surface area contributed by atoms with E-state index in [0.29, 0.717) is 18.9 Å². The molecule has 9 heteroatoms. The van der Waals surface area contributed by atoms with Crippen molar-refractivity contribution in [1.29, 1.82) is 0 Å². The standard InChI is InChI=1S/C8H10N6O2S/c15-17(16,8-1-2-9-12-8)14-4-3-13-6-10-11-7(13)5-14/h1-2,6H,3-5H2,(H,9,12). The van der Waals surface area contributed by atoms with Crippen LogP contribution in [0.2, 0.25) is 0 Å². The van der Waals surface area contributed by atoms with Crippen molar-refractivity contribution in [3.05, 3.63) is 24.4 Å². The Morgan fingerprint density at radius 3 is 3.00 bits per heavy atom. The molecular weight excluding hydrogens is 244 g/mol. The van der Waals surface area contributed by atoms with Gasteiger partial charge >= 0.3 is 0 Å². The first kappa shape index (κ1) is 10.4. The van der Waals surface area contributed by atoms with Gasteiger partial charge in [-0.25, -0.2) is 8.42 Å². The van der Waals surface area contributed by atoms with Gasteiger partial charge in [-0.3, -0.25) is 5.10 Å². The summed E-state index contributed by atoms with van der Waals surface area (Å²) in [6.07, 6.45) is 3.02. The fraction of sp³-hybridized carbons (Fsp3) is 0.375. The van der Waals surface area contributed by atoms with E-state index in [4.69, 9.17) is 0 Å². The minimum Gasteiger partial charge on any atom is -0.315 e. The van der Waals surface area contributed by atoms with Gasteiger partial charge in [-0.05, 0) is 6.07 Å². The predicted octanol–water partition coefficient (Wildman–Crippen LogP) is -0.794. The minimum absolute atomic E-state index is 0.102. The molecule has 8 nitrogen and oxygen atoms in total. The molecule has 3 rings (SSSR count). The minimum atomic E-state index is -3.51. The third-order valence-electron chi connectivity index (χ3n) is 2.70. The molecule has 2 aromatic heterocycles. The average Bonchev–Trinajstić information content (AvgIpc) is 2.99. The second-order valence-electron chi connectivity index (χ2n) is 3.70. The smallest absolute Gasteiger partial charge is 0.260 e. The van der Waals surface area contributed by atoms with E-state index >= 15 is 0 Å². The van der Waals surface area contributed by atoms with Gasteiger partial charge < -0.3 is 4.57 Å². The van der Waals surface area contributed by atoms with Gasteiger partial charge in [0.2, 0.25) is 0 Å². The Labute approximate surface area is 97.3 Å². The first-order valence-corrected chi connectivity index (χ1v) is 6.48. The Hall–Kier alpha value is -1.74. The molecule has 2 aromatic rings. The van der Waals surface area contributed by atoms with Crippen molar-refractivity contribution in [3.63, 3.8) is 0 Å². The number of H-pyrrole nitrogens is 1. The van der Waals surface area contributed by atoms with Gasteiger partial charge in [0, 0.05) is 13.1 Å². The number of rotatable bonds is 2. The van der Waals surface area contributed by atoms with Crippen LogP contribution in [-0.4, -0.2) is 44.2 Å². The van der Waals surface area contributed by atoms with E-state index in [1.165, 1.54) is 16.6 Å². The number of aromatic nitrogens is 5. The number of nitrogens with zero attached hydrogens (tertiary/aromatic N) is 5. The Bertz CT molecular complexity index is 616. The van der Waals surface area contributed by atoms with E-state index in [-0.39, 0.29) is 11.6 Å². The summed E-state index contributed by atoms with van der Waals surface area (Å²) in [4.78, 5) is 0. The lowest BCUT2D eigenvalue weighted by Crippen LogP contribution is -2.38. The molecule has 3 heterocycles. The Morgan fingerprint density at radius 1 is 1.35 bits per heavy atom. The van der Waals surface area contributed by atoms with Crippen molar-refractivity contribution in [2.75, 3.05) is 6.54 Å². The van der Waals surface area contributed by atoms with Crippen LogP contribution in [-0.2, 0) is 23.1 Å². The molecule has 0 saturated carbocycles. The van der Waals surface area contributed by atoms with Crippen molar-refractivity contribution in [2.24, 2.45) is 0 Å². The molecule has 0 fully saturated rings. The van der Waals surface area contributed by atoms with Crippen LogP contribution in [0.1, 0.15) is 5.82 Å². The summed E-state index contributed by atoms with van der Waals surface area (Å²) in [6.45, 7) is 1.21. The third-order valence-corrected chi connectivity index (χ3v) is 4.47. The fourth-order valence-corrected chi connectivity index (χ4v) is 3.06. The van der Waals surface area contributed by atoms with Gasteiger partial charge in [0.05, 0.1) is 12.7 Å². The molecule has 0 unspecified atom stereocenters. The second-order valence-corrected chi connectivity index (χ2v) is 5.61. The Morgan fingerprint density at radius 2 is 2.24 bits per heavy atom. The number of sulfonamides is 1. The quantitative estimate of drug-likeness (QED) is 0.757. The van der Waals surface area contributed by atoms with Crippen LogP contribution in [0.25, 0.3) is 0 Å². The third kappa shape index (κ3) is 1.63. The van der Waals surface area contributed by atoms with E-state index in [0.717, 1.165) is 0 Å². The molecule has 0 spiro atoms. The monoisotopic (exact) mass is 254 g/mol. The molecule has 17 heavy (non-hydrogen) atoms. The van der Waals surface area contributed by atoms with Gasteiger partial charge in [0.25, 0.3) is 10.0 Å². The number of nitrogens with one attached hydrogen (secondary N) is 1. The summed E-state index contributed by atoms with van der Waals surface area (Å²) in [5.74, 6) is 0.652. The Kier molecular flexibility index (Phi) is 2.23. The van der Waals surface area contributed by atoms with E-state index < -0.39 is 10.0 Å². The number of hydrogen-bond acceptors (Lipinski definition) is 5. The molecule has 1 aliphatic rings. The van der Waals surface area contributed by atoms with Gasteiger partial charge in [-0.15, -0.1) is 10.2 Å². The lowest BCUT2D eigenvalue weighted by Gasteiger charge is -2.25. The molecule has 1 aliphatic heterocycles. The van der Waals surface area contributed by atoms with Gasteiger partial charge in [0.15, 0.2) is 5.03 Å². The molecule has 0 amide bonds. The van der Waals surface area contributed by atoms with Gasteiger partial charge in [-0.2, -0.15) is 9.40 Å². The fourth-order valence-electron chi connectivity index (χ4n) is 1.78. The summed E-state index contributed by atoms with van der Waals surface area (Å²) >= 11 is 0. The van der Waals surface area contributed by atoms with Crippen molar-refractivity contribution in [3.8, 4) is 0 Å². The van der Waals surface area contributed by atoms with Crippen LogP contribution in [0, 0.1) is 0 Å². The zero-order valence-corrected chi connectivity index (χ0v) is 9.63. The van der Waals surface area contributed by atoms with Crippen LogP contribution >= 0.6 is 0 Å². The maximum absolute atomic E-state index is 12.2. The highest BCUT2D eigenvalue weighted by Crippen LogP contribution is 2.18. The van der Waals surface area contributed by atoms with Crippen molar-refractivity contribution in [1.82, 2.24) is 29.3 Å². The number of fused-ring (bicyclic) bond motifs is 1. The first-order chi connectivity index (χ1) is 8.18. The molecule has 0 radical (unpaired) electrons. The first-order valence-electron chi connectivity index (χ1n) is 5.04. The molecule has 0 bridgehead atoms. The van der Waals surface area contributed by atoms with Crippen molar-refractivity contribution in [2.45, 2.75) is 18.1 Å². The summed E-state index contributed by atoms with van der Waals surface area (Å²) < 4.78 is 27.6. The molecule has 0 saturated heterocycles. The Balaban J connectivity index is 1.93. The molecule has 90 valence electrons. The van der Waals surface area contributed by atoms with Crippen LogP contribution in [0.4, 0.5) is 0 Å². The van der Waals surface area contributed by atoms with E-state index in [1.807, 2.05) is 4.57 Å². The SMILES string of the molecule is O=S(=O)(c1ccn[nH]1)N1CCn2cnnc2C1. The van der Waals surface area contributed by atoms with Crippen LogP contribution in [0.15, 0.2) is 23.6 Å². The highest BCUT2D eigenvalue weighted by molar-refractivity contribution is 7.89. The number of hydrogen-bond donors (Lipinski definition) is 1. The molecule has 1 N–H and O–H groups in total. The molecule has 0 atom stereocenters. The van der Waals surface area contributed by atoms with Gasteiger partial charge in [-0.1, -0.05) is 0 Å². The molecule has 0 aliphatic carbocycles. The van der Waals surface area contributed by atoms with E-state index in [1.54, 1.807) is 6.33 Å². The van der Waals surface area contributed by atoms with Crippen LogP contribution < -0.4 is 0 Å². The maximum Gasteiger partial charge on any atom is 0.260 e. The summed E-state index contributed by atoms with van der Waals surface area (Å²) in [5.41, 5.74) is 0. The van der Waals surface area contributed by atoms with Crippen molar-refractivity contribution >= 4 is 10.0 Å². The second kappa shape index (κ2) is 3.64. The summed E-state index contributed by atoms with van der Waals surface area (Å²) in [5, 5.41) is 13.9. The lowest BCUT2D eigenvalue weighted by atomic mass is 10.4. The van der Waals surface area contributed by atoms with Crippen LogP contribution in [0.5, 0.6) is 0 Å². The normalized spacial score (nSPS) is 16.9. The lowest BCUT2D eigenvalue weighted by molar-refractivity contribution is 0.334.